The summed E-state index contributed by atoms with van der Waals surface area (Å²) in [4.78, 5) is 16.5. The van der Waals surface area contributed by atoms with Crippen molar-refractivity contribution in [3.63, 3.8) is 0 Å². The van der Waals surface area contributed by atoms with Crippen molar-refractivity contribution >= 4 is 5.97 Å². The number of methoxy groups -OCH3 is 3. The van der Waals surface area contributed by atoms with Gasteiger partial charge < -0.3 is 19.3 Å². The molecule has 132 valence electrons. The van der Waals surface area contributed by atoms with Crippen molar-refractivity contribution in [1.82, 2.24) is 4.98 Å². The van der Waals surface area contributed by atoms with Crippen LogP contribution in [0, 0.1) is 6.92 Å². The number of carbonyl (C=O) groups is 1. The zero-order chi connectivity index (χ0) is 18.2. The highest BCUT2D eigenvalue weighted by Crippen LogP contribution is 2.63. The molecule has 3 rings (SSSR count). The van der Waals surface area contributed by atoms with E-state index in [4.69, 9.17) is 14.2 Å². The van der Waals surface area contributed by atoms with Crippen LogP contribution in [0.25, 0.3) is 0 Å². The van der Waals surface area contributed by atoms with Gasteiger partial charge in [-0.3, -0.25) is 4.79 Å². The molecule has 1 saturated carbocycles. The molecular weight excluding hydrogens is 322 g/mol. The van der Waals surface area contributed by atoms with Gasteiger partial charge in [-0.05, 0) is 25.5 Å². The van der Waals surface area contributed by atoms with Crippen molar-refractivity contribution in [2.75, 3.05) is 21.3 Å². The van der Waals surface area contributed by atoms with Crippen LogP contribution in [0.4, 0.5) is 0 Å². The summed E-state index contributed by atoms with van der Waals surface area (Å²) in [6, 6.07) is 9.15. The van der Waals surface area contributed by atoms with Crippen molar-refractivity contribution in [2.24, 2.45) is 0 Å². The predicted octanol–water partition coefficient (Wildman–Crippen LogP) is 2.93. The minimum absolute atomic E-state index is 0.242. The number of pyridine rings is 1. The number of carboxylic acids is 1. The second kappa shape index (κ2) is 6.27. The molecule has 0 unspecified atom stereocenters. The van der Waals surface area contributed by atoms with E-state index in [1.807, 2.05) is 31.2 Å². The Bertz CT molecular complexity index is 819. The van der Waals surface area contributed by atoms with Crippen LogP contribution in [0.15, 0.2) is 30.3 Å². The molecule has 1 aliphatic carbocycles. The highest BCUT2D eigenvalue weighted by Gasteiger charge is 2.64. The number of carboxylic acid groups (broad SMARTS) is 1. The van der Waals surface area contributed by atoms with E-state index in [0.717, 1.165) is 11.1 Å². The number of ether oxygens (including phenoxy) is 3. The maximum absolute atomic E-state index is 12.2. The third-order valence-corrected chi connectivity index (χ3v) is 4.82. The molecule has 0 bridgehead atoms. The first kappa shape index (κ1) is 17.1. The maximum Gasteiger partial charge on any atom is 0.314 e. The Morgan fingerprint density at radius 2 is 1.92 bits per heavy atom. The van der Waals surface area contributed by atoms with Crippen LogP contribution in [-0.2, 0) is 10.2 Å². The van der Waals surface area contributed by atoms with Gasteiger partial charge in [0.15, 0.2) is 0 Å². The zero-order valence-electron chi connectivity index (χ0n) is 14.7. The molecule has 1 aromatic carbocycles. The van der Waals surface area contributed by atoms with E-state index in [9.17, 15) is 9.90 Å². The summed E-state index contributed by atoms with van der Waals surface area (Å²) in [5.74, 6) is 0.277. The van der Waals surface area contributed by atoms with Crippen molar-refractivity contribution in [1.29, 1.82) is 0 Å². The largest absolute Gasteiger partial charge is 0.496 e. The normalized spacial score (nSPS) is 21.5. The third kappa shape index (κ3) is 2.67. The van der Waals surface area contributed by atoms with Crippen LogP contribution in [0.1, 0.15) is 29.0 Å². The number of benzene rings is 1. The summed E-state index contributed by atoms with van der Waals surface area (Å²) in [7, 11) is 4.59. The second-order valence-corrected chi connectivity index (χ2v) is 6.19. The molecule has 1 heterocycles. The Hall–Kier alpha value is -2.76. The number of aliphatic carboxylic acids is 1. The van der Waals surface area contributed by atoms with Gasteiger partial charge in [0, 0.05) is 23.1 Å². The predicted molar refractivity (Wildman–Crippen MR) is 91.7 cm³/mol. The molecule has 2 aromatic rings. The number of nitrogens with zero attached hydrogens (tertiary/aromatic N) is 1. The Morgan fingerprint density at radius 3 is 2.52 bits per heavy atom. The van der Waals surface area contributed by atoms with Crippen molar-refractivity contribution in [2.45, 2.75) is 24.7 Å². The highest BCUT2D eigenvalue weighted by atomic mass is 16.5. The summed E-state index contributed by atoms with van der Waals surface area (Å²) < 4.78 is 15.9. The summed E-state index contributed by atoms with van der Waals surface area (Å²) in [6.07, 6.45) is 0.465. The van der Waals surface area contributed by atoms with Gasteiger partial charge in [-0.25, -0.2) is 0 Å². The molecule has 2 atom stereocenters. The molecule has 25 heavy (non-hydrogen) atoms. The summed E-state index contributed by atoms with van der Waals surface area (Å²) in [5, 5.41) is 10.0. The van der Waals surface area contributed by atoms with E-state index in [2.05, 4.69) is 4.98 Å². The molecule has 1 fully saturated rings. The maximum atomic E-state index is 12.2. The van der Waals surface area contributed by atoms with Crippen LogP contribution < -0.4 is 14.2 Å². The van der Waals surface area contributed by atoms with Crippen LogP contribution in [0.2, 0.25) is 0 Å². The molecule has 1 aromatic heterocycles. The Balaban J connectivity index is 2.10. The van der Waals surface area contributed by atoms with Crippen LogP contribution in [0.5, 0.6) is 17.5 Å². The van der Waals surface area contributed by atoms with E-state index in [1.54, 1.807) is 13.2 Å². The topological polar surface area (TPSA) is 77.9 Å². The van der Waals surface area contributed by atoms with Gasteiger partial charge in [0.2, 0.25) is 11.8 Å². The minimum atomic E-state index is -1.04. The first-order valence-corrected chi connectivity index (χ1v) is 7.95. The second-order valence-electron chi connectivity index (χ2n) is 6.19. The van der Waals surface area contributed by atoms with E-state index in [-0.39, 0.29) is 5.92 Å². The zero-order valence-corrected chi connectivity index (χ0v) is 14.7. The Labute approximate surface area is 146 Å². The molecule has 6 nitrogen and oxygen atoms in total. The van der Waals surface area contributed by atoms with Gasteiger partial charge in [0.25, 0.3) is 0 Å². The first-order chi connectivity index (χ1) is 12.0. The fourth-order valence-corrected chi connectivity index (χ4v) is 3.43. The molecule has 0 radical (unpaired) electrons. The van der Waals surface area contributed by atoms with Crippen LogP contribution in [-0.4, -0.2) is 37.4 Å². The lowest BCUT2D eigenvalue weighted by atomic mass is 9.89. The summed E-state index contributed by atoms with van der Waals surface area (Å²) >= 11 is 0. The standard InChI is InChI=1S/C19H21NO5/c1-11-5-7-15(23-2)13(9-11)19(18(21)22)10-14(19)12-6-8-16(24-3)20-17(12)25-4/h5-9,14H,10H2,1-4H3,(H,21,22)/t14-,19-/m0/s1. The Morgan fingerprint density at radius 1 is 1.16 bits per heavy atom. The molecule has 0 saturated heterocycles. The Kier molecular flexibility index (Phi) is 4.29. The number of hydrogen-bond acceptors (Lipinski definition) is 5. The monoisotopic (exact) mass is 343 g/mol. The average Bonchev–Trinajstić information content (AvgIpc) is 3.37. The smallest absolute Gasteiger partial charge is 0.314 e. The molecule has 6 heteroatoms. The van der Waals surface area contributed by atoms with Gasteiger partial charge in [0.05, 0.1) is 21.3 Å². The van der Waals surface area contributed by atoms with Gasteiger partial charge in [-0.1, -0.05) is 17.7 Å². The number of rotatable bonds is 6. The average molecular weight is 343 g/mol. The van der Waals surface area contributed by atoms with Gasteiger partial charge in [0.1, 0.15) is 11.2 Å². The third-order valence-electron chi connectivity index (χ3n) is 4.82. The minimum Gasteiger partial charge on any atom is -0.496 e. The lowest BCUT2D eigenvalue weighted by molar-refractivity contribution is -0.140. The van der Waals surface area contributed by atoms with Crippen molar-refractivity contribution in [3.8, 4) is 17.5 Å². The molecule has 0 amide bonds. The lowest BCUT2D eigenvalue weighted by Crippen LogP contribution is -2.23. The molecule has 1 aliphatic rings. The van der Waals surface area contributed by atoms with Crippen molar-refractivity contribution < 1.29 is 24.1 Å². The van der Waals surface area contributed by atoms with Gasteiger partial charge in [-0.15, -0.1) is 0 Å². The fraction of sp³-hybridized carbons (Fsp3) is 0.368. The van der Waals surface area contributed by atoms with Crippen LogP contribution >= 0.6 is 0 Å². The fourth-order valence-electron chi connectivity index (χ4n) is 3.43. The number of aromatic nitrogens is 1. The number of aryl methyl sites for hydroxylation is 1. The SMILES string of the molecule is COc1ccc([C@@H]2C[C@]2(C(=O)O)c2cc(C)ccc2OC)c(OC)n1. The van der Waals surface area contributed by atoms with Gasteiger partial charge in [-0.2, -0.15) is 4.98 Å². The number of hydrogen-bond donors (Lipinski definition) is 1. The van der Waals surface area contributed by atoms with Gasteiger partial charge >= 0.3 is 5.97 Å². The van der Waals surface area contributed by atoms with E-state index in [0.29, 0.717) is 29.5 Å². The first-order valence-electron chi connectivity index (χ1n) is 7.95. The molecule has 0 spiro atoms. The van der Waals surface area contributed by atoms with E-state index < -0.39 is 11.4 Å². The lowest BCUT2D eigenvalue weighted by Gasteiger charge is -2.18. The summed E-state index contributed by atoms with van der Waals surface area (Å²) in [6.45, 7) is 1.94. The summed E-state index contributed by atoms with van der Waals surface area (Å²) in [5.41, 5.74) is 1.39. The quantitative estimate of drug-likeness (QED) is 0.869. The molecule has 1 N–H and O–H groups in total. The van der Waals surface area contributed by atoms with Crippen molar-refractivity contribution in [3.05, 3.63) is 47.0 Å². The van der Waals surface area contributed by atoms with E-state index >= 15 is 0 Å². The van der Waals surface area contributed by atoms with Crippen LogP contribution in [0.3, 0.4) is 0 Å². The van der Waals surface area contributed by atoms with E-state index in [1.165, 1.54) is 14.2 Å². The highest BCUT2D eigenvalue weighted by molar-refractivity contribution is 5.89. The molecular formula is C19H21NO5. The molecule has 0 aliphatic heterocycles.